The normalized spacial score (nSPS) is 9.90. The van der Waals surface area contributed by atoms with Gasteiger partial charge in [-0.05, 0) is 12.1 Å². The van der Waals surface area contributed by atoms with Gasteiger partial charge in [-0.2, -0.15) is 0 Å². The summed E-state index contributed by atoms with van der Waals surface area (Å²) in [6.07, 6.45) is 0. The molecule has 0 saturated heterocycles. The second kappa shape index (κ2) is 2.46. The Bertz CT molecular complexity index is 239. The third-order valence-corrected chi connectivity index (χ3v) is 1.37. The van der Waals surface area contributed by atoms with Crippen molar-refractivity contribution in [3.63, 3.8) is 0 Å². The summed E-state index contributed by atoms with van der Waals surface area (Å²) in [6.45, 7) is 0. The second-order valence-corrected chi connectivity index (χ2v) is 2.31. The Balaban J connectivity index is 3.31. The van der Waals surface area contributed by atoms with Crippen LogP contribution in [0.1, 0.15) is 0 Å². The highest BCUT2D eigenvalue weighted by molar-refractivity contribution is 7.80. The Morgan fingerprint density at radius 1 is 1.30 bits per heavy atom. The first-order chi connectivity index (χ1) is 4.61. The number of hydrogen-bond acceptors (Lipinski definition) is 2. The van der Waals surface area contributed by atoms with E-state index < -0.39 is 11.6 Å². The predicted molar refractivity (Wildman–Crippen MR) is 38.0 cm³/mol. The lowest BCUT2D eigenvalue weighted by Gasteiger charge is -1.98. The maximum Gasteiger partial charge on any atom is 0.159 e. The van der Waals surface area contributed by atoms with Crippen LogP contribution in [0.4, 0.5) is 14.5 Å². The molecule has 0 spiro atoms. The molecule has 0 aromatic heterocycles. The molecule has 2 N–H and O–H groups in total. The molecule has 0 fully saturated rings. The number of benzene rings is 1. The molecule has 0 heterocycles. The number of halogens is 2. The van der Waals surface area contributed by atoms with Gasteiger partial charge in [-0.3, -0.25) is 0 Å². The molecule has 0 aliphatic carbocycles. The van der Waals surface area contributed by atoms with E-state index in [9.17, 15) is 8.78 Å². The third-order valence-electron chi connectivity index (χ3n) is 1.05. The third kappa shape index (κ3) is 1.21. The number of nitrogen functional groups attached to an aromatic ring is 1. The van der Waals surface area contributed by atoms with Crippen molar-refractivity contribution in [2.45, 2.75) is 4.90 Å². The first-order valence-corrected chi connectivity index (χ1v) is 2.99. The van der Waals surface area contributed by atoms with Crippen LogP contribution < -0.4 is 5.73 Å². The van der Waals surface area contributed by atoms with Crippen LogP contribution >= 0.6 is 12.6 Å². The van der Waals surface area contributed by atoms with Gasteiger partial charge in [0.15, 0.2) is 5.82 Å². The van der Waals surface area contributed by atoms with Crippen molar-refractivity contribution in [2.24, 2.45) is 0 Å². The lowest BCUT2D eigenvalue weighted by Crippen LogP contribution is -1.92. The van der Waals surface area contributed by atoms with E-state index in [2.05, 4.69) is 12.6 Å². The fourth-order valence-electron chi connectivity index (χ4n) is 0.595. The van der Waals surface area contributed by atoms with Gasteiger partial charge in [-0.25, -0.2) is 8.78 Å². The fraction of sp³-hybridized carbons (Fsp3) is 0. The highest BCUT2D eigenvalue weighted by Gasteiger charge is 2.03. The quantitative estimate of drug-likeness (QED) is 0.440. The second-order valence-electron chi connectivity index (χ2n) is 1.83. The molecule has 1 aromatic rings. The summed E-state index contributed by atoms with van der Waals surface area (Å²) in [6, 6.07) is 1.88. The standard InChI is InChI=1S/C6H5F2NS/c7-3-1-4(9)6(8)5(10)2-3/h1-2,10H,9H2. The monoisotopic (exact) mass is 161 g/mol. The van der Waals surface area contributed by atoms with E-state index in [1.165, 1.54) is 0 Å². The van der Waals surface area contributed by atoms with Crippen molar-refractivity contribution in [3.8, 4) is 0 Å². The molecular formula is C6H5F2NS. The van der Waals surface area contributed by atoms with E-state index in [1.54, 1.807) is 0 Å². The van der Waals surface area contributed by atoms with E-state index in [0.29, 0.717) is 0 Å². The van der Waals surface area contributed by atoms with E-state index >= 15 is 0 Å². The highest BCUT2D eigenvalue weighted by atomic mass is 32.1. The van der Waals surface area contributed by atoms with Gasteiger partial charge < -0.3 is 5.73 Å². The van der Waals surface area contributed by atoms with Crippen LogP contribution in [0.25, 0.3) is 0 Å². The van der Waals surface area contributed by atoms with Gasteiger partial charge in [0.2, 0.25) is 0 Å². The molecule has 1 aromatic carbocycles. The summed E-state index contributed by atoms with van der Waals surface area (Å²) < 4.78 is 24.9. The number of rotatable bonds is 0. The Morgan fingerprint density at radius 2 is 1.90 bits per heavy atom. The molecule has 0 amide bonds. The molecule has 4 heteroatoms. The topological polar surface area (TPSA) is 26.0 Å². The number of nitrogens with two attached hydrogens (primary N) is 1. The van der Waals surface area contributed by atoms with Crippen LogP contribution in [-0.4, -0.2) is 0 Å². The molecule has 10 heavy (non-hydrogen) atoms. The molecular weight excluding hydrogens is 156 g/mol. The summed E-state index contributed by atoms with van der Waals surface area (Å²) in [5.41, 5.74) is 4.84. The fourth-order valence-corrected chi connectivity index (χ4v) is 0.848. The van der Waals surface area contributed by atoms with E-state index in [-0.39, 0.29) is 10.6 Å². The molecule has 54 valence electrons. The van der Waals surface area contributed by atoms with Crippen molar-refractivity contribution >= 4 is 18.3 Å². The summed E-state index contributed by atoms with van der Waals surface area (Å²) in [5, 5.41) is 0. The smallest absolute Gasteiger partial charge is 0.159 e. The maximum atomic E-state index is 12.5. The molecule has 0 aliphatic heterocycles. The molecule has 0 bridgehead atoms. The maximum absolute atomic E-state index is 12.5. The van der Waals surface area contributed by atoms with Crippen molar-refractivity contribution in [1.82, 2.24) is 0 Å². The van der Waals surface area contributed by atoms with Crippen LogP contribution in [0.5, 0.6) is 0 Å². The molecule has 0 saturated carbocycles. The average Bonchev–Trinajstić information content (AvgIpc) is 1.82. The van der Waals surface area contributed by atoms with Gasteiger partial charge in [0.25, 0.3) is 0 Å². The van der Waals surface area contributed by atoms with Gasteiger partial charge >= 0.3 is 0 Å². The van der Waals surface area contributed by atoms with Crippen LogP contribution in [0.15, 0.2) is 17.0 Å². The van der Waals surface area contributed by atoms with E-state index in [0.717, 1.165) is 12.1 Å². The molecule has 0 radical (unpaired) electrons. The van der Waals surface area contributed by atoms with Gasteiger partial charge in [0.1, 0.15) is 5.82 Å². The minimum Gasteiger partial charge on any atom is -0.396 e. The molecule has 0 unspecified atom stereocenters. The summed E-state index contributed by atoms with van der Waals surface area (Å²) in [4.78, 5) is -0.0718. The zero-order valence-electron chi connectivity index (χ0n) is 4.94. The zero-order chi connectivity index (χ0) is 7.72. The van der Waals surface area contributed by atoms with Gasteiger partial charge in [0, 0.05) is 4.90 Å². The summed E-state index contributed by atoms with van der Waals surface area (Å²) in [7, 11) is 0. The summed E-state index contributed by atoms with van der Waals surface area (Å²) in [5.74, 6) is -1.26. The van der Waals surface area contributed by atoms with Gasteiger partial charge in [0.05, 0.1) is 5.69 Å². The Hall–Kier alpha value is -0.770. The molecule has 1 nitrogen and oxygen atoms in total. The predicted octanol–water partition coefficient (Wildman–Crippen LogP) is 1.84. The number of anilines is 1. The highest BCUT2D eigenvalue weighted by Crippen LogP contribution is 2.19. The Morgan fingerprint density at radius 3 is 2.40 bits per heavy atom. The van der Waals surface area contributed by atoms with Crippen LogP contribution in [0.2, 0.25) is 0 Å². The molecule has 0 atom stereocenters. The lowest BCUT2D eigenvalue weighted by molar-refractivity contribution is 0.582. The Kier molecular flexibility index (Phi) is 1.80. The van der Waals surface area contributed by atoms with Crippen LogP contribution in [-0.2, 0) is 0 Å². The van der Waals surface area contributed by atoms with E-state index in [4.69, 9.17) is 5.73 Å². The molecule has 0 aliphatic rings. The van der Waals surface area contributed by atoms with Crippen molar-refractivity contribution in [2.75, 3.05) is 5.73 Å². The number of thiol groups is 1. The van der Waals surface area contributed by atoms with Crippen LogP contribution in [0, 0.1) is 11.6 Å². The zero-order valence-corrected chi connectivity index (χ0v) is 5.83. The average molecular weight is 161 g/mol. The van der Waals surface area contributed by atoms with Crippen molar-refractivity contribution in [1.29, 1.82) is 0 Å². The van der Waals surface area contributed by atoms with Gasteiger partial charge in [-0.1, -0.05) is 0 Å². The Labute approximate surface area is 62.3 Å². The number of hydrogen-bond donors (Lipinski definition) is 2. The van der Waals surface area contributed by atoms with Crippen molar-refractivity contribution in [3.05, 3.63) is 23.8 Å². The minimum absolute atomic E-state index is 0.0718. The van der Waals surface area contributed by atoms with E-state index in [1.807, 2.05) is 0 Å². The first kappa shape index (κ1) is 7.34. The lowest BCUT2D eigenvalue weighted by atomic mass is 10.3. The van der Waals surface area contributed by atoms with Crippen molar-refractivity contribution < 1.29 is 8.78 Å². The van der Waals surface area contributed by atoms with Gasteiger partial charge in [-0.15, -0.1) is 12.6 Å². The minimum atomic E-state index is -0.676. The SMILES string of the molecule is Nc1cc(F)cc(S)c1F. The molecule has 1 rings (SSSR count). The van der Waals surface area contributed by atoms with Crippen LogP contribution in [0.3, 0.4) is 0 Å². The summed E-state index contributed by atoms with van der Waals surface area (Å²) >= 11 is 3.64. The largest absolute Gasteiger partial charge is 0.396 e. The first-order valence-electron chi connectivity index (χ1n) is 2.54.